The lowest BCUT2D eigenvalue weighted by molar-refractivity contribution is -0.124. The van der Waals surface area contributed by atoms with E-state index < -0.39 is 5.91 Å². The van der Waals surface area contributed by atoms with Crippen LogP contribution in [-0.4, -0.2) is 23.4 Å². The minimum absolute atomic E-state index is 0.000455. The third-order valence-corrected chi connectivity index (χ3v) is 3.76. The number of hydrogen-bond acceptors (Lipinski definition) is 5. The molecule has 2 rings (SSSR count). The highest BCUT2D eigenvalue weighted by molar-refractivity contribution is 9.10. The van der Waals surface area contributed by atoms with Gasteiger partial charge in [0.2, 0.25) is 5.91 Å². The van der Waals surface area contributed by atoms with Crippen LogP contribution in [0.5, 0.6) is 5.75 Å². The number of hydrazine groups is 1. The van der Waals surface area contributed by atoms with Crippen LogP contribution in [0.15, 0.2) is 59.5 Å². The van der Waals surface area contributed by atoms with Crippen molar-refractivity contribution in [3.63, 3.8) is 0 Å². The van der Waals surface area contributed by atoms with Gasteiger partial charge in [-0.05, 0) is 52.7 Å². The van der Waals surface area contributed by atoms with Crippen LogP contribution in [0.1, 0.15) is 12.0 Å². The number of nitrogens with zero attached hydrogens (tertiary/aromatic N) is 1. The summed E-state index contributed by atoms with van der Waals surface area (Å²) in [5, 5.41) is 2.67. The molecule has 1 aromatic heterocycles. The van der Waals surface area contributed by atoms with Crippen LogP contribution in [0.25, 0.3) is 0 Å². The molecule has 0 radical (unpaired) electrons. The van der Waals surface area contributed by atoms with E-state index in [2.05, 4.69) is 43.7 Å². The van der Waals surface area contributed by atoms with Gasteiger partial charge in [0.05, 0.1) is 22.8 Å². The molecule has 3 N–H and O–H groups in total. The molecule has 0 aliphatic heterocycles. The summed E-state index contributed by atoms with van der Waals surface area (Å²) in [6.45, 7) is 5.48. The lowest BCUT2D eigenvalue weighted by atomic mass is 10.2. The van der Waals surface area contributed by atoms with Gasteiger partial charge in [0.25, 0.3) is 5.91 Å². The van der Waals surface area contributed by atoms with Crippen molar-refractivity contribution in [1.29, 1.82) is 0 Å². The number of amides is 2. The number of ether oxygens (including phenoxy) is 1. The van der Waals surface area contributed by atoms with Crippen molar-refractivity contribution in [1.82, 2.24) is 15.8 Å². The van der Waals surface area contributed by atoms with E-state index in [0.717, 1.165) is 10.0 Å². The van der Waals surface area contributed by atoms with E-state index in [1.54, 1.807) is 24.4 Å². The zero-order chi connectivity index (χ0) is 18.9. The largest absolute Gasteiger partial charge is 0.483 e. The standard InChI is InChI=1S/C18H19BrN4O3/c1-12-5-6-16(15(19)8-12)26-11-18(25)23-22-13(2)9-17(24)21-14-4-3-7-20-10-14/h3-8,10,22H,2,9,11H2,1H3,(H,21,24)(H,23,25). The first-order valence-corrected chi connectivity index (χ1v) is 8.55. The Balaban J connectivity index is 1.69. The number of anilines is 1. The van der Waals surface area contributed by atoms with Crippen LogP contribution in [0.3, 0.4) is 0 Å². The highest BCUT2D eigenvalue weighted by atomic mass is 79.9. The summed E-state index contributed by atoms with van der Waals surface area (Å²) in [5.74, 6) is -0.101. The maximum atomic E-state index is 11.9. The van der Waals surface area contributed by atoms with Gasteiger partial charge in [0, 0.05) is 11.9 Å². The Morgan fingerprint density at radius 1 is 1.23 bits per heavy atom. The molecule has 2 aromatic rings. The maximum Gasteiger partial charge on any atom is 0.276 e. The fraction of sp³-hybridized carbons (Fsp3) is 0.167. The molecule has 0 aliphatic carbocycles. The number of rotatable bonds is 8. The minimum Gasteiger partial charge on any atom is -0.483 e. The van der Waals surface area contributed by atoms with Gasteiger partial charge in [-0.1, -0.05) is 12.6 Å². The number of carbonyl (C=O) groups excluding carboxylic acids is 2. The van der Waals surface area contributed by atoms with E-state index >= 15 is 0 Å². The SMILES string of the molecule is C=C(CC(=O)Nc1cccnc1)NNC(=O)COc1ccc(C)cc1Br. The Kier molecular flexibility index (Phi) is 7.16. The van der Waals surface area contributed by atoms with E-state index in [0.29, 0.717) is 17.1 Å². The molecule has 1 aromatic carbocycles. The minimum atomic E-state index is -0.397. The Bertz CT molecular complexity index is 796. The first kappa shape index (κ1) is 19.5. The lowest BCUT2D eigenvalue weighted by Gasteiger charge is -2.12. The molecule has 0 saturated carbocycles. The molecule has 7 nitrogen and oxygen atoms in total. The summed E-state index contributed by atoms with van der Waals surface area (Å²) in [6, 6.07) is 9.01. The third-order valence-electron chi connectivity index (χ3n) is 3.14. The number of aromatic nitrogens is 1. The fourth-order valence-corrected chi connectivity index (χ4v) is 2.55. The molecule has 2 amide bonds. The van der Waals surface area contributed by atoms with Gasteiger partial charge in [-0.15, -0.1) is 0 Å². The molecule has 1 heterocycles. The van der Waals surface area contributed by atoms with Crippen molar-refractivity contribution >= 4 is 33.4 Å². The van der Waals surface area contributed by atoms with Crippen molar-refractivity contribution in [3.8, 4) is 5.75 Å². The second-order valence-electron chi connectivity index (χ2n) is 5.47. The molecule has 0 unspecified atom stereocenters. The van der Waals surface area contributed by atoms with Crippen molar-refractivity contribution in [3.05, 3.63) is 65.0 Å². The van der Waals surface area contributed by atoms with E-state index in [9.17, 15) is 9.59 Å². The van der Waals surface area contributed by atoms with Crippen molar-refractivity contribution in [2.24, 2.45) is 0 Å². The van der Waals surface area contributed by atoms with Crippen molar-refractivity contribution in [2.45, 2.75) is 13.3 Å². The smallest absolute Gasteiger partial charge is 0.276 e. The Labute approximate surface area is 159 Å². The summed E-state index contributed by atoms with van der Waals surface area (Å²) in [6.07, 6.45) is 3.15. The van der Waals surface area contributed by atoms with Gasteiger partial charge in [0.1, 0.15) is 5.75 Å². The number of hydrogen-bond donors (Lipinski definition) is 3. The normalized spacial score (nSPS) is 9.92. The highest BCUT2D eigenvalue weighted by Crippen LogP contribution is 2.25. The van der Waals surface area contributed by atoms with Crippen LogP contribution in [0.2, 0.25) is 0 Å². The summed E-state index contributed by atoms with van der Waals surface area (Å²) in [7, 11) is 0. The number of pyridine rings is 1. The van der Waals surface area contributed by atoms with E-state index in [1.165, 1.54) is 6.20 Å². The summed E-state index contributed by atoms with van der Waals surface area (Å²) < 4.78 is 6.20. The van der Waals surface area contributed by atoms with Gasteiger partial charge in [0.15, 0.2) is 6.61 Å². The van der Waals surface area contributed by atoms with Crippen LogP contribution < -0.4 is 20.9 Å². The van der Waals surface area contributed by atoms with E-state index in [1.807, 2.05) is 19.1 Å². The lowest BCUT2D eigenvalue weighted by Crippen LogP contribution is -2.40. The first-order chi connectivity index (χ1) is 12.4. The second-order valence-corrected chi connectivity index (χ2v) is 6.32. The molecule has 0 atom stereocenters. The molecular formula is C18H19BrN4O3. The molecule has 0 fully saturated rings. The Hall–Kier alpha value is -2.87. The monoisotopic (exact) mass is 418 g/mol. The number of benzene rings is 1. The molecule has 0 aliphatic rings. The van der Waals surface area contributed by atoms with Gasteiger partial charge >= 0.3 is 0 Å². The van der Waals surface area contributed by atoms with Gasteiger partial charge < -0.3 is 15.5 Å². The molecule has 0 spiro atoms. The predicted molar refractivity (Wildman–Crippen MR) is 102 cm³/mol. The molecule has 136 valence electrons. The summed E-state index contributed by atoms with van der Waals surface area (Å²) in [5.41, 5.74) is 7.04. The van der Waals surface area contributed by atoms with Gasteiger partial charge in [-0.2, -0.15) is 0 Å². The maximum absolute atomic E-state index is 11.9. The number of carbonyl (C=O) groups is 2. The number of halogens is 1. The van der Waals surface area contributed by atoms with Gasteiger partial charge in [-0.3, -0.25) is 20.0 Å². The van der Waals surface area contributed by atoms with Crippen molar-refractivity contribution in [2.75, 3.05) is 11.9 Å². The van der Waals surface area contributed by atoms with Crippen molar-refractivity contribution < 1.29 is 14.3 Å². The Morgan fingerprint density at radius 2 is 2.04 bits per heavy atom. The van der Waals surface area contributed by atoms with Crippen LogP contribution in [0.4, 0.5) is 5.69 Å². The van der Waals surface area contributed by atoms with E-state index in [-0.39, 0.29) is 18.9 Å². The molecule has 0 bridgehead atoms. The van der Waals surface area contributed by atoms with E-state index in [4.69, 9.17) is 4.74 Å². The summed E-state index contributed by atoms with van der Waals surface area (Å²) >= 11 is 3.38. The van der Waals surface area contributed by atoms with Crippen LogP contribution >= 0.6 is 15.9 Å². The average Bonchev–Trinajstić information content (AvgIpc) is 2.60. The first-order valence-electron chi connectivity index (χ1n) is 7.75. The number of nitrogens with one attached hydrogen (secondary N) is 3. The highest BCUT2D eigenvalue weighted by Gasteiger charge is 2.08. The molecular weight excluding hydrogens is 400 g/mol. The molecule has 0 saturated heterocycles. The average molecular weight is 419 g/mol. The quantitative estimate of drug-likeness (QED) is 0.573. The number of aryl methyl sites for hydroxylation is 1. The molecule has 26 heavy (non-hydrogen) atoms. The third kappa shape index (κ3) is 6.56. The van der Waals surface area contributed by atoms with Gasteiger partial charge in [-0.25, -0.2) is 0 Å². The van der Waals surface area contributed by atoms with Crippen LogP contribution in [0, 0.1) is 6.92 Å². The Morgan fingerprint density at radius 3 is 2.73 bits per heavy atom. The fourth-order valence-electron chi connectivity index (χ4n) is 1.94. The summed E-state index contributed by atoms with van der Waals surface area (Å²) in [4.78, 5) is 27.6. The zero-order valence-corrected chi connectivity index (χ0v) is 15.8. The zero-order valence-electron chi connectivity index (χ0n) is 14.2. The predicted octanol–water partition coefficient (Wildman–Crippen LogP) is 2.69. The molecule has 8 heteroatoms. The van der Waals surface area contributed by atoms with Crippen LogP contribution in [-0.2, 0) is 9.59 Å². The topological polar surface area (TPSA) is 92.4 Å². The second kappa shape index (κ2) is 9.57.